The van der Waals surface area contributed by atoms with Crippen molar-refractivity contribution in [3.05, 3.63) is 65.2 Å². The number of hydrogen-bond donors (Lipinski definition) is 3. The minimum absolute atomic E-state index is 0.113. The van der Waals surface area contributed by atoms with Gasteiger partial charge in [-0.25, -0.2) is 4.79 Å². The second-order valence-electron chi connectivity index (χ2n) is 5.54. The van der Waals surface area contributed by atoms with Crippen LogP contribution in [0.5, 0.6) is 0 Å². The molecule has 5 nitrogen and oxygen atoms in total. The monoisotopic (exact) mass is 311 g/mol. The van der Waals surface area contributed by atoms with Crippen molar-refractivity contribution in [1.82, 2.24) is 5.32 Å². The lowest BCUT2D eigenvalue weighted by Gasteiger charge is -2.19. The molecule has 0 spiro atoms. The van der Waals surface area contributed by atoms with E-state index in [4.69, 9.17) is 5.73 Å². The zero-order valence-electron chi connectivity index (χ0n) is 13.3. The average Bonchev–Trinajstić information content (AvgIpc) is 2.46. The predicted octanol–water partition coefficient (Wildman–Crippen LogP) is 3.04. The molecule has 0 aromatic heterocycles. The number of anilines is 1. The maximum absolute atomic E-state index is 12.3. The van der Waals surface area contributed by atoms with E-state index >= 15 is 0 Å². The summed E-state index contributed by atoms with van der Waals surface area (Å²) in [5.74, 6) is -0.183. The molecule has 0 fully saturated rings. The number of amides is 3. The molecule has 3 amide bonds. The largest absolute Gasteiger partial charge is 0.352 e. The summed E-state index contributed by atoms with van der Waals surface area (Å²) in [6, 6.07) is 14.0. The first-order chi connectivity index (χ1) is 11.0. The van der Waals surface area contributed by atoms with Gasteiger partial charge in [0.15, 0.2) is 0 Å². The third kappa shape index (κ3) is 4.85. The van der Waals surface area contributed by atoms with Crippen LogP contribution in [0.1, 0.15) is 29.2 Å². The van der Waals surface area contributed by atoms with Crippen molar-refractivity contribution >= 4 is 17.6 Å². The van der Waals surface area contributed by atoms with Crippen LogP contribution in [0.2, 0.25) is 0 Å². The maximum atomic E-state index is 12.3. The Bertz CT molecular complexity index is 713. The third-order valence-corrected chi connectivity index (χ3v) is 3.57. The molecule has 23 heavy (non-hydrogen) atoms. The first kappa shape index (κ1) is 16.5. The standard InChI is InChI=1S/C18H21N3O2/c1-12-6-5-8-14(10-12)20-17(22)11-16(21-18(19)23)15-9-4-3-7-13(15)2/h3-10,16H,11H2,1-2H3,(H,20,22)(H3,19,21,23). The lowest BCUT2D eigenvalue weighted by Crippen LogP contribution is -2.35. The SMILES string of the molecule is Cc1cccc(NC(=O)CC(NC(N)=O)c2ccccc2C)c1. The molecule has 2 aromatic rings. The van der Waals surface area contributed by atoms with Crippen LogP contribution >= 0.6 is 0 Å². The van der Waals surface area contributed by atoms with Gasteiger partial charge >= 0.3 is 6.03 Å². The number of benzene rings is 2. The van der Waals surface area contributed by atoms with E-state index in [-0.39, 0.29) is 12.3 Å². The number of urea groups is 1. The highest BCUT2D eigenvalue weighted by Crippen LogP contribution is 2.21. The Morgan fingerprint density at radius 1 is 1.09 bits per heavy atom. The van der Waals surface area contributed by atoms with Gasteiger partial charge in [0.05, 0.1) is 12.5 Å². The van der Waals surface area contributed by atoms with Gasteiger partial charge in [0.1, 0.15) is 0 Å². The molecule has 2 aromatic carbocycles. The van der Waals surface area contributed by atoms with Crippen molar-refractivity contribution in [3.8, 4) is 0 Å². The van der Waals surface area contributed by atoms with Crippen LogP contribution in [0.3, 0.4) is 0 Å². The Kier molecular flexibility index (Phi) is 5.36. The number of carbonyl (C=O) groups is 2. The fourth-order valence-corrected chi connectivity index (χ4v) is 2.51. The number of aryl methyl sites for hydroxylation is 2. The molecule has 0 aliphatic carbocycles. The molecule has 1 unspecified atom stereocenters. The fourth-order valence-electron chi connectivity index (χ4n) is 2.51. The number of rotatable bonds is 5. The molecule has 0 saturated heterocycles. The molecule has 5 heteroatoms. The van der Waals surface area contributed by atoms with Crippen molar-refractivity contribution in [2.24, 2.45) is 5.73 Å². The van der Waals surface area contributed by atoms with Gasteiger partial charge in [-0.2, -0.15) is 0 Å². The fraction of sp³-hybridized carbons (Fsp3) is 0.222. The normalized spacial score (nSPS) is 11.6. The van der Waals surface area contributed by atoms with E-state index in [0.717, 1.165) is 22.4 Å². The average molecular weight is 311 g/mol. The van der Waals surface area contributed by atoms with Crippen molar-refractivity contribution in [3.63, 3.8) is 0 Å². The molecule has 1 atom stereocenters. The minimum atomic E-state index is -0.651. The molecule has 2 rings (SSSR count). The zero-order chi connectivity index (χ0) is 16.8. The summed E-state index contributed by atoms with van der Waals surface area (Å²) >= 11 is 0. The van der Waals surface area contributed by atoms with Crippen LogP contribution in [-0.4, -0.2) is 11.9 Å². The molecule has 0 saturated carbocycles. The minimum Gasteiger partial charge on any atom is -0.352 e. The lowest BCUT2D eigenvalue weighted by molar-refractivity contribution is -0.116. The molecule has 0 aliphatic rings. The van der Waals surface area contributed by atoms with Crippen molar-refractivity contribution in [2.45, 2.75) is 26.3 Å². The van der Waals surface area contributed by atoms with Crippen molar-refractivity contribution in [2.75, 3.05) is 5.32 Å². The summed E-state index contributed by atoms with van der Waals surface area (Å²) in [4.78, 5) is 23.6. The number of nitrogens with two attached hydrogens (primary N) is 1. The Hall–Kier alpha value is -2.82. The Morgan fingerprint density at radius 3 is 2.48 bits per heavy atom. The van der Waals surface area contributed by atoms with E-state index in [2.05, 4.69) is 10.6 Å². The second kappa shape index (κ2) is 7.45. The molecule has 0 radical (unpaired) electrons. The molecule has 0 bridgehead atoms. The van der Waals surface area contributed by atoms with E-state index in [1.165, 1.54) is 0 Å². The van der Waals surface area contributed by atoms with Gasteiger partial charge in [0.25, 0.3) is 0 Å². The van der Waals surface area contributed by atoms with Crippen LogP contribution in [0.4, 0.5) is 10.5 Å². The predicted molar refractivity (Wildman–Crippen MR) is 91.1 cm³/mol. The summed E-state index contributed by atoms with van der Waals surface area (Å²) in [6.07, 6.45) is 0.113. The summed E-state index contributed by atoms with van der Waals surface area (Å²) in [7, 11) is 0. The molecule has 0 aliphatic heterocycles. The Morgan fingerprint density at radius 2 is 1.83 bits per heavy atom. The van der Waals surface area contributed by atoms with E-state index in [1.807, 2.05) is 62.4 Å². The van der Waals surface area contributed by atoms with Gasteiger partial charge in [0.2, 0.25) is 5.91 Å². The van der Waals surface area contributed by atoms with Gasteiger partial charge < -0.3 is 16.4 Å². The lowest BCUT2D eigenvalue weighted by atomic mass is 9.98. The first-order valence-electron chi connectivity index (χ1n) is 7.43. The van der Waals surface area contributed by atoms with E-state index in [1.54, 1.807) is 0 Å². The highest BCUT2D eigenvalue weighted by atomic mass is 16.2. The third-order valence-electron chi connectivity index (χ3n) is 3.57. The van der Waals surface area contributed by atoms with Gasteiger partial charge in [0, 0.05) is 5.69 Å². The maximum Gasteiger partial charge on any atom is 0.312 e. The second-order valence-corrected chi connectivity index (χ2v) is 5.54. The van der Waals surface area contributed by atoms with Crippen molar-refractivity contribution in [1.29, 1.82) is 0 Å². The zero-order valence-corrected chi connectivity index (χ0v) is 13.3. The molecule has 0 heterocycles. The number of nitrogens with one attached hydrogen (secondary N) is 2. The number of primary amides is 1. The van der Waals surface area contributed by atoms with Crippen molar-refractivity contribution < 1.29 is 9.59 Å². The highest BCUT2D eigenvalue weighted by Gasteiger charge is 2.19. The Balaban J connectivity index is 2.13. The highest BCUT2D eigenvalue weighted by molar-refractivity contribution is 5.91. The van der Waals surface area contributed by atoms with Gasteiger partial charge in [-0.3, -0.25) is 4.79 Å². The summed E-state index contributed by atoms with van der Waals surface area (Å²) in [6.45, 7) is 3.89. The first-order valence-corrected chi connectivity index (χ1v) is 7.43. The van der Waals surface area contributed by atoms with Gasteiger partial charge in [-0.05, 0) is 42.7 Å². The molecular formula is C18H21N3O2. The van der Waals surface area contributed by atoms with Crippen LogP contribution in [-0.2, 0) is 4.79 Å². The quantitative estimate of drug-likeness (QED) is 0.793. The number of hydrogen-bond acceptors (Lipinski definition) is 2. The van der Waals surface area contributed by atoms with E-state index in [9.17, 15) is 9.59 Å². The topological polar surface area (TPSA) is 84.2 Å². The van der Waals surface area contributed by atoms with Crippen LogP contribution in [0.25, 0.3) is 0 Å². The summed E-state index contributed by atoms with van der Waals surface area (Å²) in [5.41, 5.74) is 8.92. The summed E-state index contributed by atoms with van der Waals surface area (Å²) in [5, 5.41) is 5.49. The van der Waals surface area contributed by atoms with Gasteiger partial charge in [-0.15, -0.1) is 0 Å². The van der Waals surface area contributed by atoms with Crippen LogP contribution in [0, 0.1) is 13.8 Å². The molecule has 120 valence electrons. The van der Waals surface area contributed by atoms with Crippen LogP contribution < -0.4 is 16.4 Å². The van der Waals surface area contributed by atoms with E-state index in [0.29, 0.717) is 0 Å². The van der Waals surface area contributed by atoms with Crippen LogP contribution in [0.15, 0.2) is 48.5 Å². The molecule has 4 N–H and O–H groups in total. The Labute approximate surface area is 135 Å². The summed E-state index contributed by atoms with van der Waals surface area (Å²) < 4.78 is 0. The number of carbonyl (C=O) groups excluding carboxylic acids is 2. The smallest absolute Gasteiger partial charge is 0.312 e. The van der Waals surface area contributed by atoms with E-state index < -0.39 is 12.1 Å². The van der Waals surface area contributed by atoms with Gasteiger partial charge in [-0.1, -0.05) is 36.4 Å². The molecular weight excluding hydrogens is 290 g/mol.